The molecule has 2 aromatic carbocycles. The van der Waals surface area contributed by atoms with Crippen LogP contribution in [0.15, 0.2) is 45.8 Å². The van der Waals surface area contributed by atoms with Gasteiger partial charge in [0.05, 0.1) is 28.2 Å². The highest BCUT2D eigenvalue weighted by molar-refractivity contribution is 9.10. The average molecular weight is 476 g/mol. The van der Waals surface area contributed by atoms with Crippen LogP contribution in [-0.4, -0.2) is 38.8 Å². The number of nitrogens with zero attached hydrogens (tertiary/aromatic N) is 1. The van der Waals surface area contributed by atoms with Crippen LogP contribution in [0.4, 0.5) is 5.69 Å². The number of hydrogen-bond donors (Lipinski definition) is 1. The molecule has 0 saturated heterocycles. The standard InChI is InChI=1S/C18H20BrClN2O4S/c1-4-26-18-15(19)9-13(20)10-16(18)21-17(23)11-22(3)27(24,25)14-7-5-12(2)6-8-14/h5-10H,4,11H2,1-3H3,(H,21,23). The van der Waals surface area contributed by atoms with Gasteiger partial charge in [0, 0.05) is 12.1 Å². The molecule has 0 spiro atoms. The summed E-state index contributed by atoms with van der Waals surface area (Å²) in [7, 11) is -2.42. The second-order valence-electron chi connectivity index (χ2n) is 5.82. The highest BCUT2D eigenvalue weighted by Crippen LogP contribution is 2.36. The maximum Gasteiger partial charge on any atom is 0.243 e. The molecular formula is C18H20BrClN2O4S. The summed E-state index contributed by atoms with van der Waals surface area (Å²) < 4.78 is 32.3. The summed E-state index contributed by atoms with van der Waals surface area (Å²) >= 11 is 9.37. The van der Waals surface area contributed by atoms with Crippen molar-refractivity contribution in [2.24, 2.45) is 0 Å². The minimum Gasteiger partial charge on any atom is -0.491 e. The molecule has 0 saturated carbocycles. The third-order valence-electron chi connectivity index (χ3n) is 3.67. The van der Waals surface area contributed by atoms with Crippen LogP contribution in [0.25, 0.3) is 0 Å². The van der Waals surface area contributed by atoms with Gasteiger partial charge in [-0.1, -0.05) is 29.3 Å². The van der Waals surface area contributed by atoms with Crippen LogP contribution in [0, 0.1) is 6.92 Å². The van der Waals surface area contributed by atoms with Crippen LogP contribution in [-0.2, 0) is 14.8 Å². The molecule has 0 aliphatic carbocycles. The lowest BCUT2D eigenvalue weighted by molar-refractivity contribution is -0.116. The number of rotatable bonds is 7. The number of amides is 1. The Hall–Kier alpha value is -1.61. The van der Waals surface area contributed by atoms with Crippen LogP contribution in [0.2, 0.25) is 5.02 Å². The van der Waals surface area contributed by atoms with Crippen molar-refractivity contribution in [2.75, 3.05) is 25.5 Å². The Bertz CT molecular complexity index is 933. The van der Waals surface area contributed by atoms with E-state index in [1.165, 1.54) is 19.2 Å². The molecule has 0 aliphatic heterocycles. The van der Waals surface area contributed by atoms with Crippen LogP contribution >= 0.6 is 27.5 Å². The fourth-order valence-electron chi connectivity index (χ4n) is 2.31. The number of nitrogens with one attached hydrogen (secondary N) is 1. The normalized spacial score (nSPS) is 11.5. The molecule has 146 valence electrons. The fraction of sp³-hybridized carbons (Fsp3) is 0.278. The van der Waals surface area contributed by atoms with E-state index in [1.807, 2.05) is 13.8 Å². The Labute approximate surface area is 172 Å². The molecule has 1 amide bonds. The molecule has 6 nitrogen and oxygen atoms in total. The summed E-state index contributed by atoms with van der Waals surface area (Å²) in [5.74, 6) is -0.0809. The smallest absolute Gasteiger partial charge is 0.243 e. The fourth-order valence-corrected chi connectivity index (χ4v) is 4.36. The molecule has 9 heteroatoms. The van der Waals surface area contributed by atoms with Crippen LogP contribution in [0.3, 0.4) is 0 Å². The molecule has 0 heterocycles. The highest BCUT2D eigenvalue weighted by Gasteiger charge is 2.23. The van der Waals surface area contributed by atoms with Gasteiger partial charge in [-0.2, -0.15) is 4.31 Å². The molecule has 1 N–H and O–H groups in total. The van der Waals surface area contributed by atoms with Crippen LogP contribution in [0.1, 0.15) is 12.5 Å². The van der Waals surface area contributed by atoms with Crippen molar-refractivity contribution in [3.05, 3.63) is 51.5 Å². The van der Waals surface area contributed by atoms with E-state index >= 15 is 0 Å². The van der Waals surface area contributed by atoms with Gasteiger partial charge in [-0.25, -0.2) is 8.42 Å². The Balaban J connectivity index is 2.17. The lowest BCUT2D eigenvalue weighted by atomic mass is 10.2. The molecule has 2 aromatic rings. The first-order valence-electron chi connectivity index (χ1n) is 8.10. The Morgan fingerprint density at radius 2 is 1.89 bits per heavy atom. The van der Waals surface area contributed by atoms with Gasteiger partial charge in [0.2, 0.25) is 15.9 Å². The van der Waals surface area contributed by atoms with Gasteiger partial charge in [0.25, 0.3) is 0 Å². The van der Waals surface area contributed by atoms with E-state index < -0.39 is 15.9 Å². The number of halogens is 2. The van der Waals surface area contributed by atoms with Crippen molar-refractivity contribution in [3.8, 4) is 5.75 Å². The van der Waals surface area contributed by atoms with E-state index in [0.29, 0.717) is 27.5 Å². The Kier molecular flexibility index (Phi) is 7.27. The zero-order valence-electron chi connectivity index (χ0n) is 15.1. The molecule has 0 aliphatic rings. The monoisotopic (exact) mass is 474 g/mol. The van der Waals surface area contributed by atoms with Gasteiger partial charge in [-0.3, -0.25) is 4.79 Å². The lowest BCUT2D eigenvalue weighted by Gasteiger charge is -2.18. The predicted octanol–water partition coefficient (Wildman–Crippen LogP) is 4.07. The minimum atomic E-state index is -3.77. The molecule has 0 radical (unpaired) electrons. The second kappa shape index (κ2) is 9.05. The van der Waals surface area contributed by atoms with E-state index in [4.69, 9.17) is 16.3 Å². The number of benzene rings is 2. The number of sulfonamides is 1. The number of anilines is 1. The van der Waals surface area contributed by atoms with Crippen molar-refractivity contribution in [1.82, 2.24) is 4.31 Å². The minimum absolute atomic E-state index is 0.129. The molecule has 0 fully saturated rings. The second-order valence-corrected chi connectivity index (χ2v) is 9.16. The number of aryl methyl sites for hydroxylation is 1. The first-order valence-corrected chi connectivity index (χ1v) is 10.7. The van der Waals surface area contributed by atoms with Crippen molar-refractivity contribution in [3.63, 3.8) is 0 Å². The maximum atomic E-state index is 12.6. The van der Waals surface area contributed by atoms with Gasteiger partial charge in [-0.15, -0.1) is 0 Å². The third kappa shape index (κ3) is 5.44. The molecule has 0 bridgehead atoms. The van der Waals surface area contributed by atoms with E-state index in [-0.39, 0.29) is 11.4 Å². The topological polar surface area (TPSA) is 75.7 Å². The van der Waals surface area contributed by atoms with E-state index in [1.54, 1.807) is 24.3 Å². The van der Waals surface area contributed by atoms with Gasteiger partial charge in [0.15, 0.2) is 5.75 Å². The number of carbonyl (C=O) groups excluding carboxylic acids is 1. The van der Waals surface area contributed by atoms with E-state index in [2.05, 4.69) is 21.2 Å². The number of hydrogen-bond acceptors (Lipinski definition) is 4. The van der Waals surface area contributed by atoms with Gasteiger partial charge < -0.3 is 10.1 Å². The van der Waals surface area contributed by atoms with Gasteiger partial charge >= 0.3 is 0 Å². The largest absolute Gasteiger partial charge is 0.491 e. The summed E-state index contributed by atoms with van der Waals surface area (Å²) in [5, 5.41) is 3.06. The summed E-state index contributed by atoms with van der Waals surface area (Å²) in [6, 6.07) is 9.64. The molecule has 0 aromatic heterocycles. The summed E-state index contributed by atoms with van der Waals surface area (Å²) in [4.78, 5) is 12.5. The lowest BCUT2D eigenvalue weighted by Crippen LogP contribution is -2.35. The van der Waals surface area contributed by atoms with E-state index in [9.17, 15) is 13.2 Å². The number of likely N-dealkylation sites (N-methyl/N-ethyl adjacent to an activating group) is 1. The quantitative estimate of drug-likeness (QED) is 0.655. The summed E-state index contributed by atoms with van der Waals surface area (Å²) in [6.45, 7) is 3.72. The molecule has 27 heavy (non-hydrogen) atoms. The van der Waals surface area contributed by atoms with E-state index in [0.717, 1.165) is 9.87 Å². The van der Waals surface area contributed by atoms with Crippen LogP contribution < -0.4 is 10.1 Å². The van der Waals surface area contributed by atoms with Crippen molar-refractivity contribution in [1.29, 1.82) is 0 Å². The number of ether oxygens (including phenoxy) is 1. The molecular weight excluding hydrogens is 456 g/mol. The number of carbonyl (C=O) groups is 1. The van der Waals surface area contributed by atoms with Gasteiger partial charge in [-0.05, 0) is 54.0 Å². The molecule has 2 rings (SSSR count). The van der Waals surface area contributed by atoms with Crippen molar-refractivity contribution in [2.45, 2.75) is 18.7 Å². The first-order chi connectivity index (χ1) is 12.6. The Morgan fingerprint density at radius 1 is 1.26 bits per heavy atom. The average Bonchev–Trinajstić information content (AvgIpc) is 2.58. The SMILES string of the molecule is CCOc1c(Br)cc(Cl)cc1NC(=O)CN(C)S(=O)(=O)c1ccc(C)cc1. The third-order valence-corrected chi connectivity index (χ3v) is 6.29. The predicted molar refractivity (Wildman–Crippen MR) is 110 cm³/mol. The molecule has 0 atom stereocenters. The zero-order valence-corrected chi connectivity index (χ0v) is 18.3. The highest BCUT2D eigenvalue weighted by atomic mass is 79.9. The van der Waals surface area contributed by atoms with Crippen molar-refractivity contribution < 1.29 is 17.9 Å². The zero-order chi connectivity index (χ0) is 20.2. The van der Waals surface area contributed by atoms with Gasteiger partial charge in [0.1, 0.15) is 0 Å². The maximum absolute atomic E-state index is 12.6. The summed E-state index contributed by atoms with van der Waals surface area (Å²) in [5.41, 5.74) is 1.31. The van der Waals surface area contributed by atoms with Crippen LogP contribution in [0.5, 0.6) is 5.75 Å². The molecule has 0 unspecified atom stereocenters. The summed E-state index contributed by atoms with van der Waals surface area (Å²) in [6.07, 6.45) is 0. The Morgan fingerprint density at radius 3 is 2.48 bits per heavy atom. The van der Waals surface area contributed by atoms with Crippen molar-refractivity contribution >= 4 is 49.1 Å². The first kappa shape index (κ1) is 21.7.